The second-order valence-corrected chi connectivity index (χ2v) is 7.58. The van der Waals surface area contributed by atoms with Crippen LogP contribution in [0.2, 0.25) is 0 Å². The highest BCUT2D eigenvalue weighted by Gasteiger charge is 2.24. The molecule has 8 heteroatoms. The summed E-state index contributed by atoms with van der Waals surface area (Å²) in [6, 6.07) is 0. The molecule has 0 aliphatic heterocycles. The second-order valence-electron chi connectivity index (χ2n) is 6.64. The Morgan fingerprint density at radius 1 is 1.38 bits per heavy atom. The summed E-state index contributed by atoms with van der Waals surface area (Å²) in [5, 5.41) is 24.6. The summed E-state index contributed by atoms with van der Waals surface area (Å²) < 4.78 is 1.68. The molecule has 1 atom stereocenters. The van der Waals surface area contributed by atoms with Crippen LogP contribution in [0.25, 0.3) is 0 Å². The van der Waals surface area contributed by atoms with Gasteiger partial charge in [0.25, 0.3) is 0 Å². The summed E-state index contributed by atoms with van der Waals surface area (Å²) in [6.45, 7) is 7.70. The molecule has 144 valence electrons. The predicted molar refractivity (Wildman–Crippen MR) is 107 cm³/mol. The zero-order valence-electron chi connectivity index (χ0n) is 16.1. The molecule has 0 aliphatic rings. The lowest BCUT2D eigenvalue weighted by atomic mass is 10.0. The maximum absolute atomic E-state index is 10.6. The number of unbranched alkanes of at least 4 members (excludes halogenated alkanes) is 1. The number of aryl methyl sites for hydroxylation is 3. The van der Waals surface area contributed by atoms with E-state index < -0.39 is 5.60 Å². The molecule has 3 N–H and O–H groups in total. The number of aliphatic imine (C=N–C) groups is 1. The van der Waals surface area contributed by atoms with Crippen LogP contribution < -0.4 is 10.6 Å². The Labute approximate surface area is 159 Å². The van der Waals surface area contributed by atoms with Gasteiger partial charge in [-0.1, -0.05) is 0 Å². The highest BCUT2D eigenvalue weighted by Crippen LogP contribution is 2.19. The normalized spacial score (nSPS) is 14.3. The van der Waals surface area contributed by atoms with E-state index in [4.69, 9.17) is 0 Å². The zero-order valence-corrected chi connectivity index (χ0v) is 16.9. The van der Waals surface area contributed by atoms with Crippen molar-refractivity contribution in [2.45, 2.75) is 45.6 Å². The molecule has 7 nitrogen and oxygen atoms in total. The molecule has 0 amide bonds. The highest BCUT2D eigenvalue weighted by atomic mass is 32.1. The van der Waals surface area contributed by atoms with E-state index in [9.17, 15) is 5.11 Å². The summed E-state index contributed by atoms with van der Waals surface area (Å²) in [7, 11) is 1.83. The molecule has 0 bridgehead atoms. The number of hydrogen-bond donors (Lipinski definition) is 3. The maximum Gasteiger partial charge on any atom is 0.191 e. The summed E-state index contributed by atoms with van der Waals surface area (Å²) in [5.41, 5.74) is 0.822. The fourth-order valence-corrected chi connectivity index (χ4v) is 3.31. The molecule has 0 radical (unpaired) electrons. The molecular formula is C18H30N6OS. The average molecular weight is 379 g/mol. The lowest BCUT2D eigenvalue weighted by molar-refractivity contribution is 0.0672. The molecular weight excluding hydrogens is 348 g/mol. The van der Waals surface area contributed by atoms with Gasteiger partial charge in [-0.15, -0.1) is 11.3 Å². The van der Waals surface area contributed by atoms with Crippen LogP contribution in [0.1, 0.15) is 43.0 Å². The summed E-state index contributed by atoms with van der Waals surface area (Å²) in [5.74, 6) is 0.724. The minimum atomic E-state index is -1.04. The van der Waals surface area contributed by atoms with E-state index in [0.717, 1.165) is 49.6 Å². The number of rotatable bonds is 9. The van der Waals surface area contributed by atoms with Crippen molar-refractivity contribution in [2.75, 3.05) is 19.6 Å². The first-order valence-electron chi connectivity index (χ1n) is 9.05. The Morgan fingerprint density at radius 2 is 2.19 bits per heavy atom. The van der Waals surface area contributed by atoms with E-state index in [1.807, 2.05) is 27.1 Å². The highest BCUT2D eigenvalue weighted by molar-refractivity contribution is 7.09. The monoisotopic (exact) mass is 378 g/mol. The Bertz CT molecular complexity index is 706. The van der Waals surface area contributed by atoms with Crippen LogP contribution in [0.5, 0.6) is 0 Å². The summed E-state index contributed by atoms with van der Waals surface area (Å²) >= 11 is 1.73. The van der Waals surface area contributed by atoms with E-state index in [1.165, 1.54) is 5.01 Å². The van der Waals surface area contributed by atoms with Gasteiger partial charge in [-0.2, -0.15) is 5.10 Å². The third kappa shape index (κ3) is 6.42. The van der Waals surface area contributed by atoms with Crippen molar-refractivity contribution in [3.63, 3.8) is 0 Å². The Hall–Kier alpha value is -1.93. The van der Waals surface area contributed by atoms with Crippen LogP contribution in [0.15, 0.2) is 22.8 Å². The lowest BCUT2D eigenvalue weighted by Gasteiger charge is -2.20. The maximum atomic E-state index is 10.6. The standard InChI is InChI=1S/C18H30N6OS/c1-5-19-17(20-9-7-6-8-16-23-14(2)12-26-16)21-13-18(3,25)15-10-22-24(4)11-15/h10-12,25H,5-9,13H2,1-4H3,(H2,19,20,21). The molecule has 0 saturated carbocycles. The van der Waals surface area contributed by atoms with Gasteiger partial charge >= 0.3 is 0 Å². The van der Waals surface area contributed by atoms with Gasteiger partial charge in [-0.3, -0.25) is 4.68 Å². The molecule has 0 saturated heterocycles. The predicted octanol–water partition coefficient (Wildman–Crippen LogP) is 1.97. The van der Waals surface area contributed by atoms with Crippen molar-refractivity contribution < 1.29 is 5.11 Å². The number of guanidine groups is 1. The molecule has 2 rings (SSSR count). The van der Waals surface area contributed by atoms with Crippen molar-refractivity contribution in [3.05, 3.63) is 34.0 Å². The van der Waals surface area contributed by atoms with Gasteiger partial charge in [0.15, 0.2) is 5.96 Å². The Morgan fingerprint density at radius 3 is 2.81 bits per heavy atom. The molecule has 2 aromatic rings. The fraction of sp³-hybridized carbons (Fsp3) is 0.611. The molecule has 26 heavy (non-hydrogen) atoms. The lowest BCUT2D eigenvalue weighted by Crippen LogP contribution is -2.39. The van der Waals surface area contributed by atoms with Gasteiger partial charge in [0.1, 0.15) is 5.60 Å². The number of aromatic nitrogens is 3. The third-order valence-corrected chi connectivity index (χ3v) is 5.02. The third-order valence-electron chi connectivity index (χ3n) is 3.99. The summed E-state index contributed by atoms with van der Waals surface area (Å²) in [4.78, 5) is 9.01. The second kappa shape index (κ2) is 9.68. The van der Waals surface area contributed by atoms with E-state index in [-0.39, 0.29) is 6.54 Å². The van der Waals surface area contributed by atoms with Crippen molar-refractivity contribution in [1.82, 2.24) is 25.4 Å². The van der Waals surface area contributed by atoms with Crippen LogP contribution in [0.3, 0.4) is 0 Å². The van der Waals surface area contributed by atoms with Gasteiger partial charge in [0.2, 0.25) is 0 Å². The van der Waals surface area contributed by atoms with Crippen molar-refractivity contribution in [3.8, 4) is 0 Å². The Kier molecular flexibility index (Phi) is 7.59. The van der Waals surface area contributed by atoms with Gasteiger partial charge in [0.05, 0.1) is 17.7 Å². The molecule has 2 heterocycles. The molecule has 0 fully saturated rings. The number of aliphatic hydroxyl groups is 1. The molecule has 1 unspecified atom stereocenters. The van der Waals surface area contributed by atoms with Gasteiger partial charge in [-0.05, 0) is 40.0 Å². The largest absolute Gasteiger partial charge is 0.383 e. The molecule has 0 spiro atoms. The number of nitrogens with one attached hydrogen (secondary N) is 2. The van der Waals surface area contributed by atoms with Crippen LogP contribution in [-0.4, -0.2) is 45.5 Å². The van der Waals surface area contributed by atoms with Crippen molar-refractivity contribution >= 4 is 17.3 Å². The van der Waals surface area contributed by atoms with Crippen molar-refractivity contribution in [1.29, 1.82) is 0 Å². The first-order valence-corrected chi connectivity index (χ1v) is 9.93. The van der Waals surface area contributed by atoms with Crippen LogP contribution in [0, 0.1) is 6.92 Å². The number of thiazole rings is 1. The van der Waals surface area contributed by atoms with Crippen LogP contribution >= 0.6 is 11.3 Å². The smallest absolute Gasteiger partial charge is 0.191 e. The van der Waals surface area contributed by atoms with E-state index in [1.54, 1.807) is 29.1 Å². The zero-order chi connectivity index (χ0) is 19.0. The first kappa shape index (κ1) is 20.4. The SMILES string of the molecule is CCNC(=NCC(C)(O)c1cnn(C)c1)NCCCCc1nc(C)cs1. The first-order chi connectivity index (χ1) is 12.4. The van der Waals surface area contributed by atoms with Crippen molar-refractivity contribution in [2.24, 2.45) is 12.0 Å². The minimum Gasteiger partial charge on any atom is -0.383 e. The average Bonchev–Trinajstić information content (AvgIpc) is 3.21. The number of nitrogens with zero attached hydrogens (tertiary/aromatic N) is 4. The topological polar surface area (TPSA) is 87.4 Å². The van der Waals surface area contributed by atoms with Gasteiger partial charge in [0, 0.05) is 43.0 Å². The molecule has 2 aromatic heterocycles. The number of hydrogen-bond acceptors (Lipinski definition) is 5. The van der Waals surface area contributed by atoms with Gasteiger partial charge < -0.3 is 15.7 Å². The molecule has 0 aliphatic carbocycles. The summed E-state index contributed by atoms with van der Waals surface area (Å²) in [6.07, 6.45) is 6.64. The fourth-order valence-electron chi connectivity index (χ4n) is 2.49. The Balaban J connectivity index is 1.78. The van der Waals surface area contributed by atoms with E-state index >= 15 is 0 Å². The minimum absolute atomic E-state index is 0.270. The quantitative estimate of drug-likeness (QED) is 0.353. The van der Waals surface area contributed by atoms with E-state index in [2.05, 4.69) is 31.1 Å². The van der Waals surface area contributed by atoms with E-state index in [0.29, 0.717) is 0 Å². The molecule has 0 aromatic carbocycles. The van der Waals surface area contributed by atoms with Gasteiger partial charge in [-0.25, -0.2) is 9.98 Å². The van der Waals surface area contributed by atoms with Crippen LogP contribution in [-0.2, 0) is 19.1 Å². The van der Waals surface area contributed by atoms with Crippen LogP contribution in [0.4, 0.5) is 0 Å².